The Morgan fingerprint density at radius 1 is 1.12 bits per heavy atom. The van der Waals surface area contributed by atoms with Gasteiger partial charge in [0, 0.05) is 31.5 Å². The largest absolute Gasteiger partial charge is 0.355 e. The summed E-state index contributed by atoms with van der Waals surface area (Å²) in [6.07, 6.45) is 8.61. The second kappa shape index (κ2) is 6.50. The van der Waals surface area contributed by atoms with Crippen LogP contribution in [0.15, 0.2) is 0 Å². The first kappa shape index (κ1) is 18.3. The van der Waals surface area contributed by atoms with Gasteiger partial charge in [0.1, 0.15) is 0 Å². The van der Waals surface area contributed by atoms with Crippen LogP contribution in [0, 0.1) is 34.5 Å². The van der Waals surface area contributed by atoms with Gasteiger partial charge in [-0.25, -0.2) is 0 Å². The van der Waals surface area contributed by atoms with Gasteiger partial charge in [-0.3, -0.25) is 9.59 Å². The molecule has 0 spiro atoms. The van der Waals surface area contributed by atoms with Crippen LogP contribution in [0.25, 0.3) is 0 Å². The molecule has 3 aliphatic carbocycles. The second-order valence-electron chi connectivity index (χ2n) is 9.83. The van der Waals surface area contributed by atoms with E-state index in [0.717, 1.165) is 31.6 Å². The molecule has 4 aliphatic rings. The molecule has 0 aromatic carbocycles. The Balaban J connectivity index is 1.54. The predicted octanol–water partition coefficient (Wildman–Crippen LogP) is 2.20. The van der Waals surface area contributed by atoms with Gasteiger partial charge in [0.25, 0.3) is 0 Å². The topological polar surface area (TPSA) is 84.2 Å². The Morgan fingerprint density at radius 2 is 1.88 bits per heavy atom. The minimum absolute atomic E-state index is 0.140. The van der Waals surface area contributed by atoms with Gasteiger partial charge >= 0.3 is 0 Å². The zero-order valence-corrected chi connectivity index (χ0v) is 16.4. The molecule has 26 heavy (non-hydrogen) atoms. The first-order valence-corrected chi connectivity index (χ1v) is 10.7. The first-order valence-electron chi connectivity index (χ1n) is 10.7. The van der Waals surface area contributed by atoms with Crippen LogP contribution in [0.1, 0.15) is 65.2 Å². The van der Waals surface area contributed by atoms with Crippen LogP contribution >= 0.6 is 0 Å². The molecule has 3 saturated carbocycles. The third-order valence-corrected chi connectivity index (χ3v) is 8.85. The van der Waals surface area contributed by atoms with Crippen LogP contribution in [0.3, 0.4) is 0 Å². The van der Waals surface area contributed by atoms with Crippen LogP contribution < -0.4 is 16.4 Å². The van der Waals surface area contributed by atoms with Crippen molar-refractivity contribution < 1.29 is 9.59 Å². The zero-order valence-electron chi connectivity index (χ0n) is 16.4. The maximum Gasteiger partial charge on any atom is 0.223 e. The van der Waals surface area contributed by atoms with E-state index in [9.17, 15) is 9.59 Å². The van der Waals surface area contributed by atoms with Gasteiger partial charge in [-0.2, -0.15) is 0 Å². The molecule has 2 amide bonds. The summed E-state index contributed by atoms with van der Waals surface area (Å²) in [5.74, 6) is 2.69. The molecular formula is C21H35N3O2. The molecule has 4 fully saturated rings. The van der Waals surface area contributed by atoms with E-state index in [2.05, 4.69) is 24.5 Å². The highest BCUT2D eigenvalue weighted by atomic mass is 16.2. The van der Waals surface area contributed by atoms with Gasteiger partial charge in [-0.1, -0.05) is 13.8 Å². The van der Waals surface area contributed by atoms with Crippen molar-refractivity contribution in [3.05, 3.63) is 0 Å². The van der Waals surface area contributed by atoms with E-state index in [1.807, 2.05) is 0 Å². The summed E-state index contributed by atoms with van der Waals surface area (Å²) in [4.78, 5) is 24.6. The lowest BCUT2D eigenvalue weighted by atomic mass is 9.47. The number of hydrogen-bond donors (Lipinski definition) is 3. The van der Waals surface area contributed by atoms with Gasteiger partial charge in [0.2, 0.25) is 11.8 Å². The lowest BCUT2D eigenvalue weighted by Crippen LogP contribution is -2.61. The lowest BCUT2D eigenvalue weighted by molar-refractivity contribution is -0.141. The van der Waals surface area contributed by atoms with Crippen molar-refractivity contribution in [2.24, 2.45) is 40.2 Å². The van der Waals surface area contributed by atoms with Crippen LogP contribution in [0.2, 0.25) is 0 Å². The van der Waals surface area contributed by atoms with E-state index in [-0.39, 0.29) is 28.6 Å². The molecule has 4 rings (SSSR count). The monoisotopic (exact) mass is 361 g/mol. The summed E-state index contributed by atoms with van der Waals surface area (Å²) in [5, 5.41) is 6.35. The van der Waals surface area contributed by atoms with Crippen molar-refractivity contribution >= 4 is 11.8 Å². The van der Waals surface area contributed by atoms with Crippen molar-refractivity contribution in [2.45, 2.75) is 71.3 Å². The molecule has 1 heterocycles. The maximum absolute atomic E-state index is 12.7. The summed E-state index contributed by atoms with van der Waals surface area (Å²) in [6.45, 7) is 5.90. The van der Waals surface area contributed by atoms with E-state index in [1.165, 1.54) is 19.3 Å². The number of hydrogen-bond acceptors (Lipinski definition) is 3. The first-order chi connectivity index (χ1) is 12.4. The molecule has 6 unspecified atom stereocenters. The Labute approximate surface area is 157 Å². The van der Waals surface area contributed by atoms with E-state index >= 15 is 0 Å². The number of nitrogens with two attached hydrogens (primary N) is 1. The Morgan fingerprint density at radius 3 is 2.65 bits per heavy atom. The number of fused-ring (bicyclic) bond motifs is 5. The van der Waals surface area contributed by atoms with Crippen molar-refractivity contribution in [3.8, 4) is 0 Å². The summed E-state index contributed by atoms with van der Waals surface area (Å²) < 4.78 is 0. The van der Waals surface area contributed by atoms with Crippen LogP contribution in [0.4, 0.5) is 0 Å². The minimum Gasteiger partial charge on any atom is -0.355 e. The average Bonchev–Trinajstić information content (AvgIpc) is 2.97. The molecule has 5 nitrogen and oxygen atoms in total. The minimum atomic E-state index is 0.140. The van der Waals surface area contributed by atoms with Crippen LogP contribution in [0.5, 0.6) is 0 Å². The summed E-state index contributed by atoms with van der Waals surface area (Å²) >= 11 is 0. The Kier molecular flexibility index (Phi) is 4.57. The van der Waals surface area contributed by atoms with Crippen LogP contribution in [-0.4, -0.2) is 30.9 Å². The van der Waals surface area contributed by atoms with Gasteiger partial charge in [0.15, 0.2) is 0 Å². The lowest BCUT2D eigenvalue weighted by Gasteiger charge is -2.60. The van der Waals surface area contributed by atoms with E-state index in [4.69, 9.17) is 5.73 Å². The average molecular weight is 362 g/mol. The summed E-state index contributed by atoms with van der Waals surface area (Å²) in [5.41, 5.74) is 5.96. The smallest absolute Gasteiger partial charge is 0.223 e. The molecule has 0 aromatic heterocycles. The fourth-order valence-corrected chi connectivity index (χ4v) is 7.45. The molecule has 7 atom stereocenters. The van der Waals surface area contributed by atoms with Crippen molar-refractivity contribution in [1.29, 1.82) is 0 Å². The second-order valence-corrected chi connectivity index (χ2v) is 9.83. The standard InChI is InChI=1S/C21H35N3O2/c1-20-9-7-15-13(3-6-17-21(15,2)10-8-18(25)24-17)14(20)4-5-16(20)19(26)23-12-11-22/h13-17H,3-12,22H2,1-2H3,(H,23,26)(H,24,25)/t13?,14?,15?,16?,17-,20?,21?/m1/s1. The van der Waals surface area contributed by atoms with Crippen molar-refractivity contribution in [3.63, 3.8) is 0 Å². The zero-order chi connectivity index (χ0) is 18.5. The molecular weight excluding hydrogens is 326 g/mol. The molecule has 5 heteroatoms. The van der Waals surface area contributed by atoms with Crippen LogP contribution in [-0.2, 0) is 9.59 Å². The quantitative estimate of drug-likeness (QED) is 0.720. The fourth-order valence-electron chi connectivity index (χ4n) is 7.45. The molecule has 146 valence electrons. The summed E-state index contributed by atoms with van der Waals surface area (Å²) in [6, 6.07) is 0.361. The number of piperidine rings is 1. The SMILES string of the molecule is CC12CCC3C(CC[C@H]4NC(=O)CCC34C)C1CCC2C(=O)NCCN. The third-order valence-electron chi connectivity index (χ3n) is 8.85. The maximum atomic E-state index is 12.7. The number of carbonyl (C=O) groups is 2. The predicted molar refractivity (Wildman–Crippen MR) is 101 cm³/mol. The molecule has 1 saturated heterocycles. The van der Waals surface area contributed by atoms with E-state index < -0.39 is 0 Å². The van der Waals surface area contributed by atoms with E-state index in [1.54, 1.807) is 0 Å². The van der Waals surface area contributed by atoms with Gasteiger partial charge in [-0.05, 0) is 73.5 Å². The highest BCUT2D eigenvalue weighted by molar-refractivity contribution is 5.80. The van der Waals surface area contributed by atoms with Gasteiger partial charge in [0.05, 0.1) is 0 Å². The van der Waals surface area contributed by atoms with Gasteiger partial charge < -0.3 is 16.4 Å². The number of rotatable bonds is 3. The van der Waals surface area contributed by atoms with Crippen molar-refractivity contribution in [2.75, 3.05) is 13.1 Å². The van der Waals surface area contributed by atoms with E-state index in [0.29, 0.717) is 37.4 Å². The molecule has 0 radical (unpaired) electrons. The number of nitrogens with one attached hydrogen (secondary N) is 2. The molecule has 0 aromatic rings. The summed E-state index contributed by atoms with van der Waals surface area (Å²) in [7, 11) is 0. The number of amides is 2. The Bertz CT molecular complexity index is 594. The highest BCUT2D eigenvalue weighted by Crippen LogP contribution is 2.65. The molecule has 0 bridgehead atoms. The Hall–Kier alpha value is -1.10. The molecule has 1 aliphatic heterocycles. The van der Waals surface area contributed by atoms with Gasteiger partial charge in [-0.15, -0.1) is 0 Å². The third kappa shape index (κ3) is 2.61. The normalized spacial score (nSPS) is 47.3. The number of carbonyl (C=O) groups excluding carboxylic acids is 2. The fraction of sp³-hybridized carbons (Fsp3) is 0.905. The van der Waals surface area contributed by atoms with Crippen molar-refractivity contribution in [1.82, 2.24) is 10.6 Å². The molecule has 4 N–H and O–H groups in total. The highest BCUT2D eigenvalue weighted by Gasteiger charge is 2.61.